The van der Waals surface area contributed by atoms with Crippen molar-refractivity contribution in [2.75, 3.05) is 40.0 Å². The van der Waals surface area contributed by atoms with Crippen LogP contribution >= 0.6 is 0 Å². The van der Waals surface area contributed by atoms with Crippen molar-refractivity contribution < 1.29 is 14.3 Å². The van der Waals surface area contributed by atoms with Gasteiger partial charge < -0.3 is 14.8 Å². The highest BCUT2D eigenvalue weighted by molar-refractivity contribution is 5.82. The molecule has 0 aromatic heterocycles. The summed E-state index contributed by atoms with van der Waals surface area (Å²) in [5, 5.41) is 3.22. The topological polar surface area (TPSA) is 47.6 Å². The highest BCUT2D eigenvalue weighted by atomic mass is 16.5. The van der Waals surface area contributed by atoms with Gasteiger partial charge >= 0.3 is 0 Å². The minimum Gasteiger partial charge on any atom is -0.382 e. The normalized spacial score (nSPS) is 22.6. The maximum absolute atomic E-state index is 11.4. The number of hydrogen-bond donors (Lipinski definition) is 1. The molecule has 1 atom stereocenters. The molecule has 82 valence electrons. The lowest BCUT2D eigenvalue weighted by Crippen LogP contribution is -2.37. The molecule has 1 unspecified atom stereocenters. The van der Waals surface area contributed by atoms with E-state index in [1.807, 2.05) is 0 Å². The van der Waals surface area contributed by atoms with Gasteiger partial charge in [-0.15, -0.1) is 0 Å². The maximum atomic E-state index is 11.4. The molecule has 0 radical (unpaired) electrons. The van der Waals surface area contributed by atoms with Crippen LogP contribution in [0, 0.1) is 5.92 Å². The summed E-state index contributed by atoms with van der Waals surface area (Å²) in [6.45, 7) is 3.54. The van der Waals surface area contributed by atoms with Gasteiger partial charge in [0.1, 0.15) is 5.78 Å². The van der Waals surface area contributed by atoms with E-state index < -0.39 is 0 Å². The molecule has 1 heterocycles. The fourth-order valence-corrected chi connectivity index (χ4v) is 1.54. The molecule has 1 aliphatic heterocycles. The number of carbonyl (C=O) groups is 1. The number of ketones is 1. The minimum atomic E-state index is 0.159. The average molecular weight is 201 g/mol. The lowest BCUT2D eigenvalue weighted by atomic mass is 9.95. The second-order valence-electron chi connectivity index (χ2n) is 3.51. The summed E-state index contributed by atoms with van der Waals surface area (Å²) >= 11 is 0. The molecule has 14 heavy (non-hydrogen) atoms. The average Bonchev–Trinajstić information content (AvgIpc) is 2.20. The number of Topliss-reactive ketones (excluding diaryl/α,β-unsaturated/α-hetero) is 1. The van der Waals surface area contributed by atoms with Gasteiger partial charge in [-0.05, 0) is 6.42 Å². The van der Waals surface area contributed by atoms with Crippen molar-refractivity contribution in [2.45, 2.75) is 12.8 Å². The molecule has 1 fully saturated rings. The van der Waals surface area contributed by atoms with Gasteiger partial charge in [-0.25, -0.2) is 0 Å². The predicted molar refractivity (Wildman–Crippen MR) is 53.3 cm³/mol. The highest BCUT2D eigenvalue weighted by Gasteiger charge is 2.20. The third-order valence-corrected chi connectivity index (χ3v) is 2.44. The van der Waals surface area contributed by atoms with E-state index in [0.29, 0.717) is 32.0 Å². The van der Waals surface area contributed by atoms with Crippen LogP contribution < -0.4 is 5.32 Å². The quantitative estimate of drug-likeness (QED) is 0.624. The molecule has 0 spiro atoms. The molecular weight excluding hydrogens is 182 g/mol. The van der Waals surface area contributed by atoms with E-state index in [1.54, 1.807) is 7.11 Å². The van der Waals surface area contributed by atoms with Crippen LogP contribution in [-0.4, -0.2) is 45.8 Å². The lowest BCUT2D eigenvalue weighted by Gasteiger charge is -2.21. The molecular formula is C10H19NO3. The Morgan fingerprint density at radius 1 is 1.43 bits per heavy atom. The van der Waals surface area contributed by atoms with Crippen LogP contribution in [0.2, 0.25) is 0 Å². The van der Waals surface area contributed by atoms with Crippen molar-refractivity contribution >= 4 is 5.78 Å². The van der Waals surface area contributed by atoms with Crippen LogP contribution in [0.5, 0.6) is 0 Å². The van der Waals surface area contributed by atoms with Crippen molar-refractivity contribution in [3.8, 4) is 0 Å². The number of hydrogen-bond acceptors (Lipinski definition) is 4. The zero-order valence-electron chi connectivity index (χ0n) is 8.75. The molecule has 0 aromatic carbocycles. The first-order chi connectivity index (χ1) is 6.84. The Morgan fingerprint density at radius 2 is 2.29 bits per heavy atom. The molecule has 0 bridgehead atoms. The fourth-order valence-electron chi connectivity index (χ4n) is 1.54. The zero-order valence-corrected chi connectivity index (χ0v) is 8.75. The van der Waals surface area contributed by atoms with Gasteiger partial charge in [0.25, 0.3) is 0 Å². The molecule has 4 heteroatoms. The van der Waals surface area contributed by atoms with Crippen LogP contribution in [0.15, 0.2) is 0 Å². The number of ether oxygens (including phenoxy) is 2. The first-order valence-corrected chi connectivity index (χ1v) is 5.14. The van der Waals surface area contributed by atoms with E-state index in [1.165, 1.54) is 0 Å². The number of carbonyl (C=O) groups excluding carboxylic acids is 1. The van der Waals surface area contributed by atoms with Gasteiger partial charge in [0, 0.05) is 39.1 Å². The first-order valence-electron chi connectivity index (χ1n) is 5.14. The summed E-state index contributed by atoms with van der Waals surface area (Å²) in [6, 6.07) is 0. The SMILES string of the molecule is COCCOCCC1CNCCC1=O. The van der Waals surface area contributed by atoms with Crippen LogP contribution in [0.1, 0.15) is 12.8 Å². The van der Waals surface area contributed by atoms with E-state index in [2.05, 4.69) is 5.32 Å². The van der Waals surface area contributed by atoms with Crippen molar-refractivity contribution in [2.24, 2.45) is 5.92 Å². The zero-order chi connectivity index (χ0) is 10.2. The Balaban J connectivity index is 2.02. The molecule has 0 saturated carbocycles. The second-order valence-corrected chi connectivity index (χ2v) is 3.51. The maximum Gasteiger partial charge on any atom is 0.138 e. The van der Waals surface area contributed by atoms with Gasteiger partial charge in [0.2, 0.25) is 0 Å². The third-order valence-electron chi connectivity index (χ3n) is 2.44. The largest absolute Gasteiger partial charge is 0.382 e. The number of rotatable bonds is 6. The highest BCUT2D eigenvalue weighted by Crippen LogP contribution is 2.09. The van der Waals surface area contributed by atoms with Gasteiger partial charge in [-0.2, -0.15) is 0 Å². The Bertz CT molecular complexity index is 173. The van der Waals surface area contributed by atoms with Crippen LogP contribution in [0.3, 0.4) is 0 Å². The summed E-state index contributed by atoms with van der Waals surface area (Å²) in [5.41, 5.74) is 0. The molecule has 1 rings (SSSR count). The standard InChI is InChI=1S/C10H19NO3/c1-13-6-7-14-5-3-9-8-11-4-2-10(9)12/h9,11H,2-8H2,1H3. The Kier molecular flexibility index (Phi) is 5.75. The Labute approximate surface area is 85.0 Å². The van der Waals surface area contributed by atoms with Crippen LogP contribution in [0.25, 0.3) is 0 Å². The van der Waals surface area contributed by atoms with Gasteiger partial charge in [0.15, 0.2) is 0 Å². The summed E-state index contributed by atoms with van der Waals surface area (Å²) in [5.74, 6) is 0.533. The fraction of sp³-hybridized carbons (Fsp3) is 0.900. The number of methoxy groups -OCH3 is 1. The minimum absolute atomic E-state index is 0.159. The molecule has 1 aliphatic rings. The van der Waals surface area contributed by atoms with E-state index in [-0.39, 0.29) is 5.92 Å². The summed E-state index contributed by atoms with van der Waals surface area (Å²) < 4.78 is 10.2. The van der Waals surface area contributed by atoms with Crippen molar-refractivity contribution in [1.82, 2.24) is 5.32 Å². The van der Waals surface area contributed by atoms with E-state index in [9.17, 15) is 4.79 Å². The Hall–Kier alpha value is -0.450. The first kappa shape index (κ1) is 11.6. The lowest BCUT2D eigenvalue weighted by molar-refractivity contribution is -0.124. The molecule has 0 aromatic rings. The molecule has 0 aliphatic carbocycles. The van der Waals surface area contributed by atoms with Crippen molar-refractivity contribution in [3.05, 3.63) is 0 Å². The number of piperidine rings is 1. The Morgan fingerprint density at radius 3 is 3.00 bits per heavy atom. The van der Waals surface area contributed by atoms with E-state index >= 15 is 0 Å². The van der Waals surface area contributed by atoms with Crippen LogP contribution in [0.4, 0.5) is 0 Å². The van der Waals surface area contributed by atoms with Gasteiger partial charge in [-0.1, -0.05) is 0 Å². The number of nitrogens with one attached hydrogen (secondary N) is 1. The summed E-state index contributed by atoms with van der Waals surface area (Å²) in [7, 11) is 1.65. The molecule has 0 amide bonds. The van der Waals surface area contributed by atoms with Crippen molar-refractivity contribution in [3.63, 3.8) is 0 Å². The smallest absolute Gasteiger partial charge is 0.138 e. The molecule has 1 N–H and O–H groups in total. The summed E-state index contributed by atoms with van der Waals surface area (Å²) in [6.07, 6.45) is 1.50. The van der Waals surface area contributed by atoms with Crippen LogP contribution in [-0.2, 0) is 14.3 Å². The molecule has 4 nitrogen and oxygen atoms in total. The molecule has 1 saturated heterocycles. The van der Waals surface area contributed by atoms with E-state index in [0.717, 1.165) is 19.5 Å². The van der Waals surface area contributed by atoms with Gasteiger partial charge in [0.05, 0.1) is 13.2 Å². The van der Waals surface area contributed by atoms with Gasteiger partial charge in [-0.3, -0.25) is 4.79 Å². The summed E-state index contributed by atoms with van der Waals surface area (Å²) in [4.78, 5) is 11.4. The van der Waals surface area contributed by atoms with Crippen molar-refractivity contribution in [1.29, 1.82) is 0 Å². The predicted octanol–water partition coefficient (Wildman–Crippen LogP) is 0.218. The third kappa shape index (κ3) is 4.17. The second kappa shape index (κ2) is 6.92. The monoisotopic (exact) mass is 201 g/mol. The van der Waals surface area contributed by atoms with E-state index in [4.69, 9.17) is 9.47 Å².